The molecule has 1 aliphatic heterocycles. The number of halogens is 5. The molecule has 0 N–H and O–H groups in total. The average Bonchev–Trinajstić information content (AvgIpc) is 2.34. The molecule has 1 aliphatic rings. The fourth-order valence-corrected chi connectivity index (χ4v) is 1.64. The summed E-state index contributed by atoms with van der Waals surface area (Å²) in [5, 5.41) is 0. The molecule has 2 unspecified atom stereocenters. The van der Waals surface area contributed by atoms with Gasteiger partial charge in [0.15, 0.2) is 29.6 Å². The van der Waals surface area contributed by atoms with E-state index in [1.165, 1.54) is 0 Å². The van der Waals surface area contributed by atoms with Crippen molar-refractivity contribution in [2.24, 2.45) is 0 Å². The molecule has 7 heteroatoms. The molecule has 1 aromatic rings. The Hall–Kier alpha value is -1.21. The topological polar surface area (TPSA) is 18.5 Å². The fraction of sp³-hybridized carbons (Fsp3) is 0.455. The van der Waals surface area contributed by atoms with Gasteiger partial charge in [0, 0.05) is 0 Å². The van der Waals surface area contributed by atoms with Crippen molar-refractivity contribution in [1.29, 1.82) is 0 Å². The highest BCUT2D eigenvalue weighted by atomic mass is 19.2. The Morgan fingerprint density at radius 1 is 0.889 bits per heavy atom. The molecule has 100 valence electrons. The van der Waals surface area contributed by atoms with Crippen LogP contribution in [0.15, 0.2) is 0 Å². The summed E-state index contributed by atoms with van der Waals surface area (Å²) in [4.78, 5) is 0. The van der Waals surface area contributed by atoms with Gasteiger partial charge in [0.05, 0.1) is 18.3 Å². The van der Waals surface area contributed by atoms with E-state index in [-0.39, 0.29) is 6.61 Å². The normalized spacial score (nSPS) is 24.3. The van der Waals surface area contributed by atoms with E-state index >= 15 is 0 Å². The van der Waals surface area contributed by atoms with E-state index in [4.69, 9.17) is 9.47 Å². The number of rotatable bonds is 1. The van der Waals surface area contributed by atoms with Crippen molar-refractivity contribution in [3.63, 3.8) is 0 Å². The highest BCUT2D eigenvalue weighted by molar-refractivity contribution is 5.25. The van der Waals surface area contributed by atoms with Crippen molar-refractivity contribution in [3.05, 3.63) is 34.6 Å². The van der Waals surface area contributed by atoms with Crippen molar-refractivity contribution < 1.29 is 31.4 Å². The maximum Gasteiger partial charge on any atom is 0.200 e. The van der Waals surface area contributed by atoms with Crippen LogP contribution in [0, 0.1) is 29.1 Å². The Kier molecular flexibility index (Phi) is 3.54. The third-order valence-electron chi connectivity index (χ3n) is 2.63. The first-order valence-electron chi connectivity index (χ1n) is 5.21. The molecular weight excluding hydrogens is 259 g/mol. The summed E-state index contributed by atoms with van der Waals surface area (Å²) in [5.41, 5.74) is -1.09. The maximum atomic E-state index is 13.4. The van der Waals surface area contributed by atoms with Crippen LogP contribution in [0.3, 0.4) is 0 Å². The van der Waals surface area contributed by atoms with Crippen molar-refractivity contribution >= 4 is 0 Å². The predicted molar refractivity (Wildman–Crippen MR) is 50.1 cm³/mol. The van der Waals surface area contributed by atoms with E-state index in [2.05, 4.69) is 0 Å². The molecule has 0 radical (unpaired) electrons. The van der Waals surface area contributed by atoms with E-state index in [0.29, 0.717) is 6.42 Å². The van der Waals surface area contributed by atoms with Crippen molar-refractivity contribution in [1.82, 2.24) is 0 Å². The minimum absolute atomic E-state index is 0.116. The molecule has 18 heavy (non-hydrogen) atoms. The maximum absolute atomic E-state index is 13.4. The predicted octanol–water partition coefficient (Wildman–Crippen LogP) is 3.21. The van der Waals surface area contributed by atoms with Gasteiger partial charge in [-0.2, -0.15) is 0 Å². The smallest absolute Gasteiger partial charge is 0.200 e. The molecule has 1 heterocycles. The second-order valence-electron chi connectivity index (χ2n) is 3.92. The first-order valence-corrected chi connectivity index (χ1v) is 5.21. The summed E-state index contributed by atoms with van der Waals surface area (Å²) in [5.74, 6) is -10.1. The Morgan fingerprint density at radius 3 is 1.89 bits per heavy atom. The molecule has 1 aromatic carbocycles. The van der Waals surface area contributed by atoms with Crippen LogP contribution in [-0.2, 0) is 9.47 Å². The Morgan fingerprint density at radius 2 is 1.39 bits per heavy atom. The van der Waals surface area contributed by atoms with E-state index in [1.807, 2.05) is 0 Å². The van der Waals surface area contributed by atoms with Crippen LogP contribution in [0.2, 0.25) is 0 Å². The first-order chi connectivity index (χ1) is 8.43. The molecule has 0 spiro atoms. The summed E-state index contributed by atoms with van der Waals surface area (Å²) in [6.45, 7) is 1.73. The van der Waals surface area contributed by atoms with E-state index < -0.39 is 47.0 Å². The monoisotopic (exact) mass is 268 g/mol. The second-order valence-corrected chi connectivity index (χ2v) is 3.92. The van der Waals surface area contributed by atoms with Crippen LogP contribution in [0.25, 0.3) is 0 Å². The lowest BCUT2D eigenvalue weighted by Gasteiger charge is -2.28. The molecule has 2 nitrogen and oxygen atoms in total. The SMILES string of the molecule is CC1CCOC(c2c(F)c(F)c(F)c(F)c2F)O1. The van der Waals surface area contributed by atoms with Crippen LogP contribution in [-0.4, -0.2) is 12.7 Å². The average molecular weight is 268 g/mol. The fourth-order valence-electron chi connectivity index (χ4n) is 1.64. The van der Waals surface area contributed by atoms with Crippen molar-refractivity contribution in [3.8, 4) is 0 Å². The zero-order valence-electron chi connectivity index (χ0n) is 9.28. The molecule has 0 saturated carbocycles. The van der Waals surface area contributed by atoms with Gasteiger partial charge in [-0.15, -0.1) is 0 Å². The van der Waals surface area contributed by atoms with Gasteiger partial charge in [-0.05, 0) is 13.3 Å². The van der Waals surface area contributed by atoms with Gasteiger partial charge >= 0.3 is 0 Å². The van der Waals surface area contributed by atoms with Gasteiger partial charge < -0.3 is 9.47 Å². The van der Waals surface area contributed by atoms with E-state index in [9.17, 15) is 22.0 Å². The summed E-state index contributed by atoms with van der Waals surface area (Å²) in [6.07, 6.45) is -1.50. The highest BCUT2D eigenvalue weighted by Gasteiger charge is 2.33. The quantitative estimate of drug-likeness (QED) is 0.442. The Bertz CT molecular complexity index is 448. The molecule has 1 saturated heterocycles. The van der Waals surface area contributed by atoms with Crippen molar-refractivity contribution in [2.45, 2.75) is 25.7 Å². The van der Waals surface area contributed by atoms with Crippen LogP contribution in [0.1, 0.15) is 25.2 Å². The molecule has 0 bridgehead atoms. The standard InChI is InChI=1S/C11H9F5O2/c1-4-2-3-17-11(18-4)5-6(12)8(14)10(16)9(15)7(5)13/h4,11H,2-3H2,1H3. The Labute approximate surface area is 99.3 Å². The highest BCUT2D eigenvalue weighted by Crippen LogP contribution is 2.33. The van der Waals surface area contributed by atoms with Crippen molar-refractivity contribution in [2.75, 3.05) is 6.61 Å². The summed E-state index contributed by atoms with van der Waals surface area (Å²) < 4.78 is 75.6. The largest absolute Gasteiger partial charge is 0.348 e. The molecule has 0 aromatic heterocycles. The van der Waals surface area contributed by atoms with Gasteiger partial charge in [-0.25, -0.2) is 22.0 Å². The molecule has 2 rings (SSSR count). The second kappa shape index (κ2) is 4.81. The van der Waals surface area contributed by atoms with Crippen LogP contribution in [0.4, 0.5) is 22.0 Å². The summed E-state index contributed by atoms with van der Waals surface area (Å²) in [6, 6.07) is 0. The summed E-state index contributed by atoms with van der Waals surface area (Å²) in [7, 11) is 0. The van der Waals surface area contributed by atoms with E-state index in [1.54, 1.807) is 6.92 Å². The third kappa shape index (κ3) is 2.08. The third-order valence-corrected chi connectivity index (χ3v) is 2.63. The van der Waals surface area contributed by atoms with Gasteiger partial charge in [0.2, 0.25) is 5.82 Å². The van der Waals surface area contributed by atoms with Gasteiger partial charge in [0.25, 0.3) is 0 Å². The lowest BCUT2D eigenvalue weighted by Crippen LogP contribution is -2.27. The van der Waals surface area contributed by atoms with Crippen LogP contribution in [0.5, 0.6) is 0 Å². The molecule has 2 atom stereocenters. The van der Waals surface area contributed by atoms with Crippen LogP contribution >= 0.6 is 0 Å². The zero-order valence-corrected chi connectivity index (χ0v) is 9.28. The van der Waals surface area contributed by atoms with Gasteiger partial charge in [-0.1, -0.05) is 0 Å². The van der Waals surface area contributed by atoms with E-state index in [0.717, 1.165) is 0 Å². The Balaban J connectivity index is 2.50. The molecule has 1 fully saturated rings. The van der Waals surface area contributed by atoms with Crippen LogP contribution < -0.4 is 0 Å². The molecular formula is C11H9F5O2. The molecule has 0 amide bonds. The van der Waals surface area contributed by atoms with Gasteiger partial charge in [0.1, 0.15) is 0 Å². The zero-order chi connectivity index (χ0) is 13.4. The lowest BCUT2D eigenvalue weighted by atomic mass is 10.1. The minimum atomic E-state index is -2.20. The number of hydrogen-bond acceptors (Lipinski definition) is 2. The number of hydrogen-bond donors (Lipinski definition) is 0. The first kappa shape index (κ1) is 13.2. The minimum Gasteiger partial charge on any atom is -0.348 e. The summed E-state index contributed by atoms with van der Waals surface area (Å²) >= 11 is 0. The van der Waals surface area contributed by atoms with Gasteiger partial charge in [-0.3, -0.25) is 0 Å². The number of benzene rings is 1. The molecule has 0 aliphatic carbocycles. The number of ether oxygens (including phenoxy) is 2. The lowest BCUT2D eigenvalue weighted by molar-refractivity contribution is -0.215.